The Kier molecular flexibility index (Phi) is 5.60. The van der Waals surface area contributed by atoms with E-state index in [0.29, 0.717) is 0 Å². The van der Waals surface area contributed by atoms with Gasteiger partial charge in [-0.3, -0.25) is 4.90 Å². The van der Waals surface area contributed by atoms with Crippen molar-refractivity contribution in [3.63, 3.8) is 0 Å². The molecule has 21 heavy (non-hydrogen) atoms. The first kappa shape index (κ1) is 15.8. The molecule has 1 heterocycles. The average molecular weight is 286 g/mol. The molecule has 1 atom stereocenters. The average Bonchev–Trinajstić information content (AvgIpc) is 2.53. The van der Waals surface area contributed by atoms with Crippen molar-refractivity contribution in [2.45, 2.75) is 31.7 Å². The van der Waals surface area contributed by atoms with Gasteiger partial charge >= 0.3 is 0 Å². The standard InChI is InChI=1S/C17H26N4/c1-17(19,15-18)9-5-6-10-20-11-13-21(14-12-20)16-7-3-2-4-8-16/h2-4,7-8H,5-6,9-14,19H2,1H3. The van der Waals surface area contributed by atoms with Crippen molar-refractivity contribution in [1.29, 1.82) is 5.26 Å². The number of piperazine rings is 1. The summed E-state index contributed by atoms with van der Waals surface area (Å²) in [5.41, 5.74) is 6.50. The molecule has 2 N–H and O–H groups in total. The summed E-state index contributed by atoms with van der Waals surface area (Å²) in [7, 11) is 0. The van der Waals surface area contributed by atoms with Crippen LogP contribution >= 0.6 is 0 Å². The molecule has 1 unspecified atom stereocenters. The highest BCUT2D eigenvalue weighted by atomic mass is 15.3. The van der Waals surface area contributed by atoms with E-state index in [9.17, 15) is 0 Å². The Hall–Kier alpha value is -1.57. The fraction of sp³-hybridized carbons (Fsp3) is 0.588. The lowest BCUT2D eigenvalue weighted by atomic mass is 9.98. The third kappa shape index (κ3) is 5.04. The number of hydrogen-bond acceptors (Lipinski definition) is 4. The highest BCUT2D eigenvalue weighted by Gasteiger charge is 2.18. The first-order chi connectivity index (χ1) is 10.1. The number of hydrogen-bond donors (Lipinski definition) is 1. The largest absolute Gasteiger partial charge is 0.369 e. The molecule has 1 aliphatic rings. The van der Waals surface area contributed by atoms with Crippen LogP contribution in [0.3, 0.4) is 0 Å². The van der Waals surface area contributed by atoms with Crippen LogP contribution in [0.15, 0.2) is 30.3 Å². The SMILES string of the molecule is CC(N)(C#N)CCCCN1CCN(c2ccccc2)CC1. The summed E-state index contributed by atoms with van der Waals surface area (Å²) < 4.78 is 0. The van der Waals surface area contributed by atoms with Gasteiger partial charge in [0.15, 0.2) is 0 Å². The molecule has 0 aliphatic carbocycles. The van der Waals surface area contributed by atoms with Gasteiger partial charge in [0, 0.05) is 31.9 Å². The molecule has 1 fully saturated rings. The molecule has 114 valence electrons. The third-order valence-electron chi connectivity index (χ3n) is 4.17. The van der Waals surface area contributed by atoms with Crippen LogP contribution in [-0.2, 0) is 0 Å². The molecular weight excluding hydrogens is 260 g/mol. The minimum Gasteiger partial charge on any atom is -0.369 e. The van der Waals surface area contributed by atoms with Crippen LogP contribution in [0, 0.1) is 11.3 Å². The van der Waals surface area contributed by atoms with E-state index in [1.165, 1.54) is 5.69 Å². The molecule has 0 amide bonds. The summed E-state index contributed by atoms with van der Waals surface area (Å²) in [4.78, 5) is 4.96. The van der Waals surface area contributed by atoms with Crippen LogP contribution in [0.2, 0.25) is 0 Å². The van der Waals surface area contributed by atoms with Gasteiger partial charge in [0.05, 0.1) is 6.07 Å². The topological polar surface area (TPSA) is 56.3 Å². The Balaban J connectivity index is 1.65. The van der Waals surface area contributed by atoms with Crippen LogP contribution in [0.4, 0.5) is 5.69 Å². The summed E-state index contributed by atoms with van der Waals surface area (Å²) in [6, 6.07) is 12.8. The van der Waals surface area contributed by atoms with E-state index >= 15 is 0 Å². The van der Waals surface area contributed by atoms with E-state index in [-0.39, 0.29) is 0 Å². The molecule has 1 aromatic carbocycles. The number of anilines is 1. The molecule has 4 heteroatoms. The molecular formula is C17H26N4. The maximum atomic E-state index is 8.89. The van der Waals surface area contributed by atoms with Gasteiger partial charge in [0.2, 0.25) is 0 Å². The van der Waals surface area contributed by atoms with Gasteiger partial charge in [0.1, 0.15) is 5.54 Å². The fourth-order valence-corrected chi connectivity index (χ4v) is 2.75. The van der Waals surface area contributed by atoms with E-state index < -0.39 is 5.54 Å². The molecule has 0 bridgehead atoms. The Labute approximate surface area is 128 Å². The molecule has 0 spiro atoms. The van der Waals surface area contributed by atoms with E-state index in [1.54, 1.807) is 0 Å². The maximum Gasteiger partial charge on any atom is 0.101 e. The fourth-order valence-electron chi connectivity index (χ4n) is 2.75. The van der Waals surface area contributed by atoms with Crippen molar-refractivity contribution in [3.8, 4) is 6.07 Å². The number of unbranched alkanes of at least 4 members (excludes halogenated alkanes) is 1. The molecule has 1 saturated heterocycles. The lowest BCUT2D eigenvalue weighted by molar-refractivity contribution is 0.250. The molecule has 0 radical (unpaired) electrons. The van der Waals surface area contributed by atoms with Gasteiger partial charge in [-0.1, -0.05) is 18.2 Å². The second kappa shape index (κ2) is 7.44. The quantitative estimate of drug-likeness (QED) is 0.815. The summed E-state index contributed by atoms with van der Waals surface area (Å²) >= 11 is 0. The molecule has 2 rings (SSSR count). The van der Waals surface area contributed by atoms with Crippen molar-refractivity contribution < 1.29 is 0 Å². The number of rotatable bonds is 6. The summed E-state index contributed by atoms with van der Waals surface area (Å²) in [6.45, 7) is 7.35. The van der Waals surface area contributed by atoms with Gasteiger partial charge in [-0.15, -0.1) is 0 Å². The van der Waals surface area contributed by atoms with E-state index in [4.69, 9.17) is 11.0 Å². The second-order valence-electron chi connectivity index (χ2n) is 6.15. The smallest absolute Gasteiger partial charge is 0.101 e. The maximum absolute atomic E-state index is 8.89. The van der Waals surface area contributed by atoms with Gasteiger partial charge in [0.25, 0.3) is 0 Å². The number of nitrogens with zero attached hydrogens (tertiary/aromatic N) is 3. The van der Waals surface area contributed by atoms with Gasteiger partial charge in [-0.25, -0.2) is 0 Å². The minimum absolute atomic E-state index is 0.661. The number of para-hydroxylation sites is 1. The number of nitriles is 1. The van der Waals surface area contributed by atoms with Crippen molar-refractivity contribution in [1.82, 2.24) is 4.90 Å². The van der Waals surface area contributed by atoms with Gasteiger partial charge in [-0.2, -0.15) is 5.26 Å². The van der Waals surface area contributed by atoms with Crippen LogP contribution < -0.4 is 10.6 Å². The van der Waals surface area contributed by atoms with E-state index in [0.717, 1.165) is 52.0 Å². The molecule has 0 aromatic heterocycles. The van der Waals surface area contributed by atoms with Crippen molar-refractivity contribution in [2.75, 3.05) is 37.6 Å². The first-order valence-electron chi connectivity index (χ1n) is 7.83. The van der Waals surface area contributed by atoms with Crippen LogP contribution in [0.25, 0.3) is 0 Å². The zero-order valence-electron chi connectivity index (χ0n) is 13.0. The lowest BCUT2D eigenvalue weighted by Crippen LogP contribution is -2.46. The predicted molar refractivity (Wildman–Crippen MR) is 87.2 cm³/mol. The monoisotopic (exact) mass is 286 g/mol. The Morgan fingerprint density at radius 3 is 2.43 bits per heavy atom. The Morgan fingerprint density at radius 2 is 1.81 bits per heavy atom. The van der Waals surface area contributed by atoms with E-state index in [1.807, 2.05) is 6.92 Å². The van der Waals surface area contributed by atoms with Gasteiger partial charge < -0.3 is 10.6 Å². The van der Waals surface area contributed by atoms with Crippen molar-refractivity contribution in [3.05, 3.63) is 30.3 Å². The van der Waals surface area contributed by atoms with Crippen molar-refractivity contribution >= 4 is 5.69 Å². The number of nitrogens with two attached hydrogens (primary N) is 1. The Bertz CT molecular complexity index is 455. The highest BCUT2D eigenvalue weighted by molar-refractivity contribution is 5.46. The molecule has 4 nitrogen and oxygen atoms in total. The zero-order chi connectivity index (χ0) is 15.1. The lowest BCUT2D eigenvalue weighted by Gasteiger charge is -2.36. The normalized spacial score (nSPS) is 19.0. The van der Waals surface area contributed by atoms with Crippen LogP contribution in [0.5, 0.6) is 0 Å². The summed E-state index contributed by atoms with van der Waals surface area (Å²) in [6.07, 6.45) is 2.94. The van der Waals surface area contributed by atoms with Crippen LogP contribution in [-0.4, -0.2) is 43.2 Å². The highest BCUT2D eigenvalue weighted by Crippen LogP contribution is 2.16. The predicted octanol–water partition coefficient (Wildman–Crippen LogP) is 2.22. The van der Waals surface area contributed by atoms with Crippen LogP contribution in [0.1, 0.15) is 26.2 Å². The molecule has 0 saturated carbocycles. The summed E-state index contributed by atoms with van der Waals surface area (Å²) in [5.74, 6) is 0. The number of benzene rings is 1. The zero-order valence-corrected chi connectivity index (χ0v) is 13.0. The minimum atomic E-state index is -0.661. The van der Waals surface area contributed by atoms with E-state index in [2.05, 4.69) is 46.2 Å². The van der Waals surface area contributed by atoms with Gasteiger partial charge in [-0.05, 0) is 44.9 Å². The van der Waals surface area contributed by atoms with Crippen molar-refractivity contribution in [2.24, 2.45) is 5.73 Å². The Morgan fingerprint density at radius 1 is 1.14 bits per heavy atom. The third-order valence-corrected chi connectivity index (χ3v) is 4.17. The molecule has 1 aliphatic heterocycles. The first-order valence-corrected chi connectivity index (χ1v) is 7.83. The summed E-state index contributed by atoms with van der Waals surface area (Å²) in [5, 5.41) is 8.89. The second-order valence-corrected chi connectivity index (χ2v) is 6.15. The molecule has 1 aromatic rings.